The molecule has 0 amide bonds. The van der Waals surface area contributed by atoms with Crippen LogP contribution in [0.3, 0.4) is 0 Å². The minimum absolute atomic E-state index is 0.108. The molecule has 4 rings (SSSR count). The smallest absolute Gasteiger partial charge is 0.0771 e. The van der Waals surface area contributed by atoms with E-state index in [0.29, 0.717) is 35.5 Å². The van der Waals surface area contributed by atoms with E-state index >= 15 is 0 Å². The van der Waals surface area contributed by atoms with Gasteiger partial charge in [-0.15, -0.1) is 0 Å². The molecular formula is C45H64Si. The van der Waals surface area contributed by atoms with E-state index in [9.17, 15) is 0 Å². The molecule has 3 aromatic rings. The van der Waals surface area contributed by atoms with Gasteiger partial charge in [-0.25, -0.2) is 0 Å². The molecule has 0 aliphatic heterocycles. The summed E-state index contributed by atoms with van der Waals surface area (Å²) in [5.74, 6) is 2.79. The molecule has 0 radical (unpaired) electrons. The molecule has 0 unspecified atom stereocenters. The summed E-state index contributed by atoms with van der Waals surface area (Å²) in [5.41, 5.74) is 10.4. The third-order valence-electron chi connectivity index (χ3n) is 10.5. The molecule has 0 fully saturated rings. The molecule has 0 N–H and O–H groups in total. The Labute approximate surface area is 284 Å². The predicted molar refractivity (Wildman–Crippen MR) is 209 cm³/mol. The molecule has 1 aliphatic rings. The first-order valence-electron chi connectivity index (χ1n) is 18.2. The molecule has 0 heterocycles. The number of rotatable bonds is 10. The molecule has 248 valence electrons. The highest BCUT2D eigenvalue weighted by atomic mass is 28.3. The molecule has 1 heteroatoms. The van der Waals surface area contributed by atoms with Gasteiger partial charge < -0.3 is 0 Å². The van der Waals surface area contributed by atoms with Crippen LogP contribution in [0.5, 0.6) is 0 Å². The Kier molecular flexibility index (Phi) is 10.9. The zero-order valence-electron chi connectivity index (χ0n) is 32.0. The monoisotopic (exact) mass is 632 g/mol. The highest BCUT2D eigenvalue weighted by Crippen LogP contribution is 2.38. The van der Waals surface area contributed by atoms with Gasteiger partial charge in [-0.1, -0.05) is 176 Å². The maximum absolute atomic E-state index is 2.77. The summed E-state index contributed by atoms with van der Waals surface area (Å²) in [7, 11) is -2.77. The van der Waals surface area contributed by atoms with Crippen molar-refractivity contribution in [2.24, 2.45) is 5.41 Å². The van der Waals surface area contributed by atoms with Crippen molar-refractivity contribution in [2.75, 3.05) is 0 Å². The first-order valence-corrected chi connectivity index (χ1v) is 20.2. The van der Waals surface area contributed by atoms with Crippen molar-refractivity contribution in [2.45, 2.75) is 146 Å². The second kappa shape index (κ2) is 13.8. The molecule has 0 saturated carbocycles. The van der Waals surface area contributed by atoms with Crippen LogP contribution >= 0.6 is 0 Å². The minimum atomic E-state index is -2.77. The second-order valence-electron chi connectivity index (χ2n) is 17.1. The van der Waals surface area contributed by atoms with Crippen LogP contribution in [0, 0.1) is 5.41 Å². The third kappa shape index (κ3) is 7.25. The van der Waals surface area contributed by atoms with Crippen molar-refractivity contribution in [3.8, 4) is 0 Å². The molecule has 0 atom stereocenters. The van der Waals surface area contributed by atoms with E-state index in [1.807, 2.05) is 0 Å². The summed E-state index contributed by atoms with van der Waals surface area (Å²) in [5, 5.41) is 6.31. The van der Waals surface area contributed by atoms with Crippen molar-refractivity contribution in [3.63, 3.8) is 0 Å². The SMILES string of the molecule is CC(C)c1cc(C(C)C)cc([Si](C2=CC(C(C)(C)C)=CC2)(c2cc(C(C)C)cc(C(C)C)c2)c2cc(C(C)C)cc(C(C)C)c2)c1. The predicted octanol–water partition coefficient (Wildman–Crippen LogP) is 11.7. The van der Waals surface area contributed by atoms with Gasteiger partial charge in [0.25, 0.3) is 0 Å². The molecule has 46 heavy (non-hydrogen) atoms. The van der Waals surface area contributed by atoms with E-state index in [2.05, 4.69) is 171 Å². The quantitative estimate of drug-likeness (QED) is 0.154. The zero-order chi connectivity index (χ0) is 34.3. The fraction of sp³-hybridized carbons (Fsp3) is 0.511. The molecule has 0 nitrogen and oxygen atoms in total. The molecule has 0 spiro atoms. The lowest BCUT2D eigenvalue weighted by atomic mass is 9.87. The maximum Gasteiger partial charge on any atom is 0.176 e. The van der Waals surface area contributed by atoms with Gasteiger partial charge in [-0.2, -0.15) is 0 Å². The van der Waals surface area contributed by atoms with Gasteiger partial charge in [0.1, 0.15) is 0 Å². The van der Waals surface area contributed by atoms with Gasteiger partial charge in [-0.05, 0) is 102 Å². The van der Waals surface area contributed by atoms with Crippen LogP contribution in [0.1, 0.15) is 179 Å². The van der Waals surface area contributed by atoms with Crippen molar-refractivity contribution in [3.05, 3.63) is 111 Å². The largest absolute Gasteiger partial charge is 0.176 e. The Hall–Kier alpha value is -2.64. The fourth-order valence-electron chi connectivity index (χ4n) is 7.04. The summed E-state index contributed by atoms with van der Waals surface area (Å²) in [6, 6.07) is 23.3. The Bertz CT molecular complexity index is 1360. The van der Waals surface area contributed by atoms with Crippen LogP contribution < -0.4 is 15.6 Å². The lowest BCUT2D eigenvalue weighted by Crippen LogP contribution is -2.69. The summed E-state index contributed by atoms with van der Waals surface area (Å²) < 4.78 is 0. The molecular weight excluding hydrogens is 569 g/mol. The lowest BCUT2D eigenvalue weighted by molar-refractivity contribution is 0.518. The summed E-state index contributed by atoms with van der Waals surface area (Å²) in [6.07, 6.45) is 6.23. The minimum Gasteiger partial charge on any atom is -0.0771 e. The van der Waals surface area contributed by atoms with Crippen LogP contribution in [0.25, 0.3) is 0 Å². The van der Waals surface area contributed by atoms with Crippen LogP contribution in [-0.2, 0) is 0 Å². The van der Waals surface area contributed by atoms with Gasteiger partial charge in [0.15, 0.2) is 8.07 Å². The second-order valence-corrected chi connectivity index (χ2v) is 21.0. The van der Waals surface area contributed by atoms with Crippen LogP contribution in [0.15, 0.2) is 77.5 Å². The lowest BCUT2D eigenvalue weighted by Gasteiger charge is -2.38. The van der Waals surface area contributed by atoms with E-state index < -0.39 is 8.07 Å². The number of hydrogen-bond donors (Lipinski definition) is 0. The molecule has 3 aromatic carbocycles. The van der Waals surface area contributed by atoms with Crippen molar-refractivity contribution in [1.29, 1.82) is 0 Å². The Morgan fingerprint density at radius 2 is 0.696 bits per heavy atom. The van der Waals surface area contributed by atoms with Gasteiger partial charge in [-0.3, -0.25) is 0 Å². The summed E-state index contributed by atoms with van der Waals surface area (Å²) >= 11 is 0. The number of hydrogen-bond acceptors (Lipinski definition) is 0. The fourth-order valence-corrected chi connectivity index (χ4v) is 12.2. The van der Waals surface area contributed by atoms with Gasteiger partial charge in [0, 0.05) is 0 Å². The topological polar surface area (TPSA) is 0 Å². The first kappa shape index (κ1) is 36.2. The molecule has 1 aliphatic carbocycles. The Balaban J connectivity index is 2.34. The maximum atomic E-state index is 2.65. The standard InChI is InChI=1S/C45H64Si/c1-28(2)34-18-35(29(3)4)22-42(21-34)46(41-17-16-40(27-41)45(13,14)15,43-23-36(30(5)6)19-37(24-43)31(7)8)44-25-38(32(9)10)20-39(26-44)33(11)12/h16,18-33H,17H2,1-15H3. The number of allylic oxidation sites excluding steroid dienone is 4. The van der Waals surface area contributed by atoms with E-state index in [4.69, 9.17) is 0 Å². The summed E-state index contributed by atoms with van der Waals surface area (Å²) in [4.78, 5) is 0. The molecule has 0 aromatic heterocycles. The van der Waals surface area contributed by atoms with Gasteiger partial charge >= 0.3 is 0 Å². The summed E-state index contributed by atoms with van der Waals surface area (Å²) in [6.45, 7) is 35.6. The van der Waals surface area contributed by atoms with Gasteiger partial charge in [0.05, 0.1) is 0 Å². The normalized spacial score (nSPS) is 14.5. The van der Waals surface area contributed by atoms with E-state index in [1.54, 1.807) is 20.8 Å². The Morgan fingerprint density at radius 3 is 0.891 bits per heavy atom. The van der Waals surface area contributed by atoms with Crippen molar-refractivity contribution in [1.82, 2.24) is 0 Å². The van der Waals surface area contributed by atoms with E-state index in [-0.39, 0.29) is 5.41 Å². The van der Waals surface area contributed by atoms with Crippen LogP contribution in [0.4, 0.5) is 0 Å². The van der Waals surface area contributed by atoms with E-state index in [1.165, 1.54) is 39.0 Å². The first-order chi connectivity index (χ1) is 21.4. The number of benzene rings is 3. The van der Waals surface area contributed by atoms with Crippen molar-refractivity contribution < 1.29 is 0 Å². The average molecular weight is 633 g/mol. The highest BCUT2D eigenvalue weighted by Gasteiger charge is 2.46. The Morgan fingerprint density at radius 1 is 0.435 bits per heavy atom. The van der Waals surface area contributed by atoms with Crippen molar-refractivity contribution >= 4 is 23.6 Å². The zero-order valence-corrected chi connectivity index (χ0v) is 33.0. The van der Waals surface area contributed by atoms with Crippen LogP contribution in [-0.4, -0.2) is 8.07 Å². The van der Waals surface area contributed by atoms with E-state index in [0.717, 1.165) is 6.42 Å². The molecule has 0 bridgehead atoms. The average Bonchev–Trinajstić information content (AvgIpc) is 3.48. The van der Waals surface area contributed by atoms with Crippen LogP contribution in [0.2, 0.25) is 0 Å². The van der Waals surface area contributed by atoms with Gasteiger partial charge in [0.2, 0.25) is 0 Å². The molecule has 0 saturated heterocycles. The third-order valence-corrected chi connectivity index (χ3v) is 15.2. The highest BCUT2D eigenvalue weighted by molar-refractivity contribution is 7.16.